The van der Waals surface area contributed by atoms with Crippen LogP contribution in [0.5, 0.6) is 0 Å². The van der Waals surface area contributed by atoms with Crippen molar-refractivity contribution >= 4 is 17.9 Å². The highest BCUT2D eigenvalue weighted by molar-refractivity contribution is 5.97. The van der Waals surface area contributed by atoms with Crippen LogP contribution >= 0.6 is 0 Å². The summed E-state index contributed by atoms with van der Waals surface area (Å²) < 4.78 is 5.25. The zero-order valence-electron chi connectivity index (χ0n) is 12.9. The Labute approximate surface area is 130 Å². The van der Waals surface area contributed by atoms with Crippen LogP contribution in [0.4, 0.5) is 4.79 Å². The molecule has 2 N–H and O–H groups in total. The van der Waals surface area contributed by atoms with E-state index >= 15 is 0 Å². The van der Waals surface area contributed by atoms with E-state index in [0.717, 1.165) is 6.42 Å². The van der Waals surface area contributed by atoms with Crippen LogP contribution in [0.1, 0.15) is 44.8 Å². The average Bonchev–Trinajstić information content (AvgIpc) is 2.51. The number of urea groups is 1. The van der Waals surface area contributed by atoms with Crippen molar-refractivity contribution in [3.05, 3.63) is 35.9 Å². The lowest BCUT2D eigenvalue weighted by atomic mass is 10.1. The normalized spacial score (nSPS) is 11.4. The van der Waals surface area contributed by atoms with Gasteiger partial charge in [-0.05, 0) is 13.3 Å². The van der Waals surface area contributed by atoms with Gasteiger partial charge in [-0.15, -0.1) is 0 Å². The van der Waals surface area contributed by atoms with E-state index in [0.29, 0.717) is 18.5 Å². The molecule has 0 spiro atoms. The number of rotatable bonds is 7. The summed E-state index contributed by atoms with van der Waals surface area (Å²) in [4.78, 5) is 35.5. The molecule has 0 unspecified atom stereocenters. The standard InChI is InChI=1S/C16H22N2O4/c1-3-5-11-13(19)22-14(12-9-7-6-8-10-12)15(20)18-16(21)17-4-2/h6-10,14H,3-5,11H2,1-2H3,(H2,17,18,20,21)/t14-/m1/s1. The largest absolute Gasteiger partial charge is 0.447 e. The fraction of sp³-hybridized carbons (Fsp3) is 0.438. The number of hydrogen-bond acceptors (Lipinski definition) is 4. The fourth-order valence-corrected chi connectivity index (χ4v) is 1.79. The Kier molecular flexibility index (Phi) is 7.67. The zero-order chi connectivity index (χ0) is 16.4. The first-order valence-corrected chi connectivity index (χ1v) is 7.41. The van der Waals surface area contributed by atoms with Crippen LogP contribution in [-0.2, 0) is 14.3 Å². The summed E-state index contributed by atoms with van der Waals surface area (Å²) in [6.45, 7) is 4.10. The molecule has 1 aromatic carbocycles. The molecule has 120 valence electrons. The summed E-state index contributed by atoms with van der Waals surface area (Å²) in [5.41, 5.74) is 0.522. The third-order valence-electron chi connectivity index (χ3n) is 2.90. The van der Waals surface area contributed by atoms with Gasteiger partial charge in [0.05, 0.1) is 0 Å². The van der Waals surface area contributed by atoms with E-state index in [2.05, 4.69) is 10.6 Å². The smallest absolute Gasteiger partial charge is 0.321 e. The van der Waals surface area contributed by atoms with E-state index < -0.39 is 24.0 Å². The Morgan fingerprint density at radius 2 is 1.82 bits per heavy atom. The Morgan fingerprint density at radius 3 is 2.41 bits per heavy atom. The van der Waals surface area contributed by atoms with Gasteiger partial charge < -0.3 is 10.1 Å². The molecule has 6 nitrogen and oxygen atoms in total. The Bertz CT molecular complexity index is 502. The van der Waals surface area contributed by atoms with Crippen LogP contribution < -0.4 is 10.6 Å². The van der Waals surface area contributed by atoms with Crippen molar-refractivity contribution in [2.24, 2.45) is 0 Å². The minimum atomic E-state index is -1.13. The summed E-state index contributed by atoms with van der Waals surface area (Å²) >= 11 is 0. The van der Waals surface area contributed by atoms with Gasteiger partial charge in [0.2, 0.25) is 6.10 Å². The molecular weight excluding hydrogens is 284 g/mol. The Morgan fingerprint density at radius 1 is 1.14 bits per heavy atom. The van der Waals surface area contributed by atoms with Crippen molar-refractivity contribution in [2.45, 2.75) is 39.2 Å². The first-order valence-electron chi connectivity index (χ1n) is 7.41. The number of unbranched alkanes of at least 4 members (excludes halogenated alkanes) is 1. The molecular formula is C16H22N2O4. The van der Waals surface area contributed by atoms with Crippen molar-refractivity contribution in [2.75, 3.05) is 6.54 Å². The minimum Gasteiger partial charge on any atom is -0.447 e. The lowest BCUT2D eigenvalue weighted by Crippen LogP contribution is -2.42. The predicted molar refractivity (Wildman–Crippen MR) is 82.0 cm³/mol. The van der Waals surface area contributed by atoms with Gasteiger partial charge in [-0.25, -0.2) is 4.79 Å². The molecule has 3 amide bonds. The molecule has 0 heterocycles. The molecule has 0 aliphatic heterocycles. The number of imide groups is 1. The summed E-state index contributed by atoms with van der Waals surface area (Å²) in [7, 11) is 0. The van der Waals surface area contributed by atoms with Crippen molar-refractivity contribution in [1.82, 2.24) is 10.6 Å². The summed E-state index contributed by atoms with van der Waals surface area (Å²) in [5, 5.41) is 4.63. The number of esters is 1. The van der Waals surface area contributed by atoms with E-state index in [4.69, 9.17) is 4.74 Å². The second kappa shape index (κ2) is 9.55. The molecule has 1 aromatic rings. The topological polar surface area (TPSA) is 84.5 Å². The summed E-state index contributed by atoms with van der Waals surface area (Å²) in [5.74, 6) is -1.12. The van der Waals surface area contributed by atoms with Gasteiger partial charge in [0, 0.05) is 18.5 Å². The molecule has 0 radical (unpaired) electrons. The second-order valence-electron chi connectivity index (χ2n) is 4.73. The number of amides is 3. The summed E-state index contributed by atoms with van der Waals surface area (Å²) in [6, 6.07) is 8.01. The van der Waals surface area contributed by atoms with Gasteiger partial charge in [0.1, 0.15) is 0 Å². The van der Waals surface area contributed by atoms with Crippen LogP contribution in [0.15, 0.2) is 30.3 Å². The first-order chi connectivity index (χ1) is 10.6. The lowest BCUT2D eigenvalue weighted by Gasteiger charge is -2.17. The van der Waals surface area contributed by atoms with Crippen LogP contribution in [0, 0.1) is 0 Å². The maximum Gasteiger partial charge on any atom is 0.321 e. The van der Waals surface area contributed by atoms with Crippen LogP contribution in [-0.4, -0.2) is 24.5 Å². The number of hydrogen-bond donors (Lipinski definition) is 2. The van der Waals surface area contributed by atoms with Gasteiger partial charge in [0.15, 0.2) is 0 Å². The molecule has 1 atom stereocenters. The van der Waals surface area contributed by atoms with Crippen molar-refractivity contribution in [3.63, 3.8) is 0 Å². The molecule has 0 saturated heterocycles. The van der Waals surface area contributed by atoms with E-state index in [1.54, 1.807) is 37.3 Å². The number of benzene rings is 1. The quantitative estimate of drug-likeness (QED) is 0.757. The third kappa shape index (κ3) is 5.95. The molecule has 0 aromatic heterocycles. The Balaban J connectivity index is 2.80. The summed E-state index contributed by atoms with van der Waals surface area (Å²) in [6.07, 6.45) is 0.663. The van der Waals surface area contributed by atoms with Gasteiger partial charge in [0.25, 0.3) is 5.91 Å². The monoisotopic (exact) mass is 306 g/mol. The Hall–Kier alpha value is -2.37. The van der Waals surface area contributed by atoms with Crippen LogP contribution in [0.25, 0.3) is 0 Å². The third-order valence-corrected chi connectivity index (χ3v) is 2.90. The SMILES string of the molecule is CCCCC(=O)O[C@@H](C(=O)NC(=O)NCC)c1ccccc1. The van der Waals surface area contributed by atoms with Crippen molar-refractivity contribution in [1.29, 1.82) is 0 Å². The maximum atomic E-state index is 12.2. The maximum absolute atomic E-state index is 12.2. The number of ether oxygens (including phenoxy) is 1. The highest BCUT2D eigenvalue weighted by Crippen LogP contribution is 2.18. The van der Waals surface area contributed by atoms with Gasteiger partial charge >= 0.3 is 12.0 Å². The van der Waals surface area contributed by atoms with E-state index in [1.807, 2.05) is 6.92 Å². The van der Waals surface area contributed by atoms with E-state index in [9.17, 15) is 14.4 Å². The van der Waals surface area contributed by atoms with Gasteiger partial charge in [-0.2, -0.15) is 0 Å². The molecule has 0 aliphatic carbocycles. The number of nitrogens with one attached hydrogen (secondary N) is 2. The van der Waals surface area contributed by atoms with Crippen molar-refractivity contribution < 1.29 is 19.1 Å². The van der Waals surface area contributed by atoms with Crippen LogP contribution in [0.3, 0.4) is 0 Å². The van der Waals surface area contributed by atoms with Crippen LogP contribution in [0.2, 0.25) is 0 Å². The predicted octanol–water partition coefficient (Wildman–Crippen LogP) is 2.31. The van der Waals surface area contributed by atoms with Gasteiger partial charge in [-0.1, -0.05) is 43.7 Å². The van der Waals surface area contributed by atoms with E-state index in [1.165, 1.54) is 0 Å². The molecule has 22 heavy (non-hydrogen) atoms. The first kappa shape index (κ1) is 17.7. The van der Waals surface area contributed by atoms with E-state index in [-0.39, 0.29) is 6.42 Å². The molecule has 0 bridgehead atoms. The fourth-order valence-electron chi connectivity index (χ4n) is 1.79. The molecule has 0 saturated carbocycles. The second-order valence-corrected chi connectivity index (χ2v) is 4.73. The number of carbonyl (C=O) groups excluding carboxylic acids is 3. The highest BCUT2D eigenvalue weighted by Gasteiger charge is 2.26. The zero-order valence-corrected chi connectivity index (χ0v) is 12.9. The van der Waals surface area contributed by atoms with Gasteiger partial charge in [-0.3, -0.25) is 14.9 Å². The lowest BCUT2D eigenvalue weighted by molar-refractivity contribution is -0.156. The molecule has 6 heteroatoms. The highest BCUT2D eigenvalue weighted by atomic mass is 16.5. The molecule has 0 fully saturated rings. The average molecular weight is 306 g/mol. The van der Waals surface area contributed by atoms with Crippen molar-refractivity contribution in [3.8, 4) is 0 Å². The molecule has 1 rings (SSSR count). The number of carbonyl (C=O) groups is 3. The minimum absolute atomic E-state index is 0.244. The molecule has 0 aliphatic rings.